The van der Waals surface area contributed by atoms with E-state index in [2.05, 4.69) is 24.8 Å². The zero-order valence-electron chi connectivity index (χ0n) is 12.5. The molecule has 20 heavy (non-hydrogen) atoms. The van der Waals surface area contributed by atoms with Crippen molar-refractivity contribution in [3.05, 3.63) is 21.4 Å². The highest BCUT2D eigenvalue weighted by atomic mass is 32.1. The second kappa shape index (κ2) is 5.86. The maximum absolute atomic E-state index is 12.6. The lowest BCUT2D eigenvalue weighted by atomic mass is 9.90. The van der Waals surface area contributed by atoms with E-state index < -0.39 is 0 Å². The van der Waals surface area contributed by atoms with Crippen LogP contribution in [0.2, 0.25) is 0 Å². The summed E-state index contributed by atoms with van der Waals surface area (Å²) in [5.41, 5.74) is 1.43. The number of carbonyl (C=O) groups excluding carboxylic acids is 1. The number of nitrogens with zero attached hydrogens (tertiary/aromatic N) is 2. The topological polar surface area (TPSA) is 23.6 Å². The highest BCUT2D eigenvalue weighted by Gasteiger charge is 2.25. The summed E-state index contributed by atoms with van der Waals surface area (Å²) in [4.78, 5) is 19.5. The number of amides is 1. The van der Waals surface area contributed by atoms with Crippen molar-refractivity contribution in [3.8, 4) is 0 Å². The minimum absolute atomic E-state index is 0.257. The maximum Gasteiger partial charge on any atom is 0.264 e. The van der Waals surface area contributed by atoms with E-state index in [1.165, 1.54) is 16.9 Å². The normalized spacial score (nSPS) is 23.7. The summed E-state index contributed by atoms with van der Waals surface area (Å²) in [6.45, 7) is 9.39. The highest BCUT2D eigenvalue weighted by molar-refractivity contribution is 7.14. The fourth-order valence-electron chi connectivity index (χ4n) is 3.23. The average molecular weight is 292 g/mol. The molecule has 1 aliphatic heterocycles. The van der Waals surface area contributed by atoms with Crippen LogP contribution in [0.4, 0.5) is 0 Å². The number of hydrogen-bond acceptors (Lipinski definition) is 3. The Morgan fingerprint density at radius 3 is 2.80 bits per heavy atom. The number of rotatable bonds is 2. The Morgan fingerprint density at radius 2 is 2.10 bits per heavy atom. The molecule has 0 aromatic carbocycles. The first-order chi connectivity index (χ1) is 9.67. The molecule has 0 spiro atoms. The van der Waals surface area contributed by atoms with Crippen LogP contribution in [0.3, 0.4) is 0 Å². The Kier molecular flexibility index (Phi) is 4.13. The van der Waals surface area contributed by atoms with Crippen LogP contribution in [-0.2, 0) is 12.8 Å². The smallest absolute Gasteiger partial charge is 0.264 e. The zero-order chi connectivity index (χ0) is 14.1. The maximum atomic E-state index is 12.6. The molecule has 2 aliphatic rings. The fourth-order valence-corrected chi connectivity index (χ4v) is 4.41. The molecule has 1 amide bonds. The lowest BCUT2D eigenvalue weighted by Gasteiger charge is -2.33. The van der Waals surface area contributed by atoms with Crippen LogP contribution in [0.25, 0.3) is 0 Å². The van der Waals surface area contributed by atoms with Gasteiger partial charge in [0.25, 0.3) is 5.91 Å². The van der Waals surface area contributed by atoms with Crippen LogP contribution in [-0.4, -0.2) is 48.4 Å². The van der Waals surface area contributed by atoms with Crippen molar-refractivity contribution in [3.63, 3.8) is 0 Å². The van der Waals surface area contributed by atoms with Crippen molar-refractivity contribution in [2.45, 2.75) is 33.1 Å². The van der Waals surface area contributed by atoms with Gasteiger partial charge in [0.15, 0.2) is 0 Å². The van der Waals surface area contributed by atoms with E-state index in [0.717, 1.165) is 56.4 Å². The van der Waals surface area contributed by atoms with Gasteiger partial charge < -0.3 is 9.80 Å². The van der Waals surface area contributed by atoms with Gasteiger partial charge in [-0.2, -0.15) is 0 Å². The molecule has 1 atom stereocenters. The minimum atomic E-state index is 0.257. The SMILES string of the molecule is CCN1CCN(C(=O)c2cc3c(s2)CC[C@H](C)C3)CC1. The summed E-state index contributed by atoms with van der Waals surface area (Å²) in [5.74, 6) is 1.03. The van der Waals surface area contributed by atoms with Crippen LogP contribution < -0.4 is 0 Å². The molecular formula is C16H24N2OS. The van der Waals surface area contributed by atoms with Gasteiger partial charge in [-0.1, -0.05) is 13.8 Å². The molecular weight excluding hydrogens is 268 g/mol. The molecule has 3 nitrogen and oxygen atoms in total. The molecule has 110 valence electrons. The number of aryl methyl sites for hydroxylation is 1. The van der Waals surface area contributed by atoms with E-state index >= 15 is 0 Å². The molecule has 1 aromatic heterocycles. The van der Waals surface area contributed by atoms with Crippen molar-refractivity contribution in [1.29, 1.82) is 0 Å². The Balaban J connectivity index is 1.69. The van der Waals surface area contributed by atoms with Gasteiger partial charge in [0.2, 0.25) is 0 Å². The van der Waals surface area contributed by atoms with Crippen molar-refractivity contribution < 1.29 is 4.79 Å². The lowest BCUT2D eigenvalue weighted by molar-refractivity contribution is 0.0648. The summed E-state index contributed by atoms with van der Waals surface area (Å²) in [6, 6.07) is 2.17. The van der Waals surface area contributed by atoms with Gasteiger partial charge >= 0.3 is 0 Å². The molecule has 0 radical (unpaired) electrons. The summed E-state index contributed by atoms with van der Waals surface area (Å²) >= 11 is 1.74. The van der Waals surface area contributed by atoms with Crippen molar-refractivity contribution in [2.24, 2.45) is 5.92 Å². The summed E-state index contributed by atoms with van der Waals surface area (Å²) in [6.07, 6.45) is 3.59. The monoisotopic (exact) mass is 292 g/mol. The summed E-state index contributed by atoms with van der Waals surface area (Å²) < 4.78 is 0. The molecule has 0 N–H and O–H groups in total. The van der Waals surface area contributed by atoms with E-state index in [1.807, 2.05) is 4.90 Å². The van der Waals surface area contributed by atoms with Gasteiger partial charge in [0, 0.05) is 31.1 Å². The first-order valence-corrected chi connectivity index (χ1v) is 8.62. The molecule has 1 aromatic rings. The Hall–Kier alpha value is -0.870. The number of likely N-dealkylation sites (N-methyl/N-ethyl adjacent to an activating group) is 1. The molecule has 0 saturated carbocycles. The standard InChI is InChI=1S/C16H24N2OS/c1-3-17-6-8-18(9-7-17)16(19)15-11-13-10-12(2)4-5-14(13)20-15/h11-12H,3-10H2,1-2H3/t12-/m0/s1. The molecule has 1 fully saturated rings. The Labute approximate surface area is 125 Å². The van der Waals surface area contributed by atoms with Crippen LogP contribution in [0.15, 0.2) is 6.07 Å². The van der Waals surface area contributed by atoms with E-state index in [-0.39, 0.29) is 5.91 Å². The van der Waals surface area contributed by atoms with Crippen molar-refractivity contribution in [1.82, 2.24) is 9.80 Å². The average Bonchev–Trinajstić information content (AvgIpc) is 2.89. The van der Waals surface area contributed by atoms with E-state index in [9.17, 15) is 4.79 Å². The number of hydrogen-bond donors (Lipinski definition) is 0. The molecule has 0 unspecified atom stereocenters. The van der Waals surface area contributed by atoms with Crippen LogP contribution in [0.1, 0.15) is 40.4 Å². The zero-order valence-corrected chi connectivity index (χ0v) is 13.3. The van der Waals surface area contributed by atoms with Crippen molar-refractivity contribution >= 4 is 17.2 Å². The van der Waals surface area contributed by atoms with Crippen LogP contribution in [0.5, 0.6) is 0 Å². The Morgan fingerprint density at radius 1 is 1.35 bits per heavy atom. The Bertz CT molecular complexity index is 489. The number of carbonyl (C=O) groups is 1. The molecule has 3 rings (SSSR count). The van der Waals surface area contributed by atoms with Gasteiger partial charge in [0.1, 0.15) is 0 Å². The van der Waals surface area contributed by atoms with Gasteiger partial charge in [-0.3, -0.25) is 4.79 Å². The quantitative estimate of drug-likeness (QED) is 0.836. The van der Waals surface area contributed by atoms with Crippen LogP contribution >= 0.6 is 11.3 Å². The third kappa shape index (κ3) is 2.77. The second-order valence-electron chi connectivity index (χ2n) is 6.13. The summed E-state index contributed by atoms with van der Waals surface area (Å²) in [5, 5.41) is 0. The third-order valence-electron chi connectivity index (χ3n) is 4.65. The van der Waals surface area contributed by atoms with E-state index in [0.29, 0.717) is 0 Å². The highest BCUT2D eigenvalue weighted by Crippen LogP contribution is 2.32. The molecule has 1 aliphatic carbocycles. The predicted molar refractivity (Wildman–Crippen MR) is 83.5 cm³/mol. The van der Waals surface area contributed by atoms with Gasteiger partial charge in [-0.15, -0.1) is 11.3 Å². The fraction of sp³-hybridized carbons (Fsp3) is 0.688. The van der Waals surface area contributed by atoms with Gasteiger partial charge in [-0.05, 0) is 43.4 Å². The molecule has 2 heterocycles. The first-order valence-electron chi connectivity index (χ1n) is 7.80. The van der Waals surface area contributed by atoms with E-state index in [1.54, 1.807) is 11.3 Å². The predicted octanol–water partition coefficient (Wildman–Crippen LogP) is 2.65. The lowest BCUT2D eigenvalue weighted by Crippen LogP contribution is -2.48. The molecule has 1 saturated heterocycles. The first kappa shape index (κ1) is 14.1. The largest absolute Gasteiger partial charge is 0.335 e. The number of fused-ring (bicyclic) bond motifs is 1. The molecule has 4 heteroatoms. The van der Waals surface area contributed by atoms with Gasteiger partial charge in [0.05, 0.1) is 4.88 Å². The number of thiophene rings is 1. The summed E-state index contributed by atoms with van der Waals surface area (Å²) in [7, 11) is 0. The number of piperazine rings is 1. The van der Waals surface area contributed by atoms with E-state index in [4.69, 9.17) is 0 Å². The minimum Gasteiger partial charge on any atom is -0.335 e. The third-order valence-corrected chi connectivity index (χ3v) is 5.87. The second-order valence-corrected chi connectivity index (χ2v) is 7.27. The van der Waals surface area contributed by atoms with Gasteiger partial charge in [-0.25, -0.2) is 0 Å². The van der Waals surface area contributed by atoms with Crippen molar-refractivity contribution in [2.75, 3.05) is 32.7 Å². The molecule has 0 bridgehead atoms. The van der Waals surface area contributed by atoms with Crippen LogP contribution in [0, 0.1) is 5.92 Å².